The van der Waals surface area contributed by atoms with Crippen LogP contribution in [0.15, 0.2) is 36.5 Å². The van der Waals surface area contributed by atoms with E-state index in [0.717, 1.165) is 26.1 Å². The van der Waals surface area contributed by atoms with Gasteiger partial charge < -0.3 is 14.4 Å². The minimum absolute atomic E-state index is 0.143. The average molecular weight is 370 g/mol. The van der Waals surface area contributed by atoms with Gasteiger partial charge in [-0.15, -0.1) is 0 Å². The highest BCUT2D eigenvalue weighted by molar-refractivity contribution is 5.82. The molecule has 6 heteroatoms. The Morgan fingerprint density at radius 2 is 2.07 bits per heavy atom. The van der Waals surface area contributed by atoms with Gasteiger partial charge in [0, 0.05) is 43.9 Å². The summed E-state index contributed by atoms with van der Waals surface area (Å²) >= 11 is 0. The van der Waals surface area contributed by atoms with Gasteiger partial charge in [0.2, 0.25) is 5.91 Å². The van der Waals surface area contributed by atoms with Crippen LogP contribution in [0.3, 0.4) is 0 Å². The van der Waals surface area contributed by atoms with Crippen molar-refractivity contribution in [3.63, 3.8) is 0 Å². The Labute approximate surface area is 161 Å². The highest BCUT2D eigenvalue weighted by Gasteiger charge is 2.32. The molecule has 146 valence electrons. The van der Waals surface area contributed by atoms with Crippen molar-refractivity contribution in [2.24, 2.45) is 0 Å². The van der Waals surface area contributed by atoms with Crippen molar-refractivity contribution < 1.29 is 4.79 Å². The van der Waals surface area contributed by atoms with Crippen molar-refractivity contribution in [2.75, 3.05) is 27.2 Å². The normalized spacial score (nSPS) is 26.5. The molecule has 1 aromatic heterocycles. The number of carbonyl (C=O) groups is 1. The quantitative estimate of drug-likeness (QED) is 0.844. The van der Waals surface area contributed by atoms with Crippen LogP contribution in [-0.2, 0) is 11.3 Å². The number of nitrogens with zero attached hydrogens (tertiary/aromatic N) is 3. The topological polar surface area (TPSA) is 52.5 Å². The van der Waals surface area contributed by atoms with E-state index in [1.807, 2.05) is 11.9 Å². The molecule has 2 saturated heterocycles. The molecule has 0 radical (unpaired) electrons. The molecule has 0 bridgehead atoms. The molecule has 3 unspecified atom stereocenters. The molecule has 3 atom stereocenters. The number of fused-ring (bicyclic) bond motifs is 1. The molecular formula is C21H31N5O. The SMILES string of the molecule is CN(CC1CCCCN1C)C(=O)C1CC(Cn2ccc3ccccc32)NN1. The highest BCUT2D eigenvalue weighted by Crippen LogP contribution is 2.19. The van der Waals surface area contributed by atoms with Crippen LogP contribution >= 0.6 is 0 Å². The van der Waals surface area contributed by atoms with Crippen LogP contribution in [0.1, 0.15) is 25.7 Å². The molecule has 2 fully saturated rings. The molecule has 0 saturated carbocycles. The summed E-state index contributed by atoms with van der Waals surface area (Å²) < 4.78 is 2.27. The number of para-hydroxylation sites is 1. The number of aromatic nitrogens is 1. The molecule has 0 aliphatic carbocycles. The van der Waals surface area contributed by atoms with Crippen LogP contribution < -0.4 is 10.9 Å². The minimum Gasteiger partial charge on any atom is -0.346 e. The summed E-state index contributed by atoms with van der Waals surface area (Å²) in [6.07, 6.45) is 6.68. The summed E-state index contributed by atoms with van der Waals surface area (Å²) in [5.41, 5.74) is 7.80. The Kier molecular flexibility index (Phi) is 5.48. The number of likely N-dealkylation sites (tertiary alicyclic amines) is 1. The maximum atomic E-state index is 12.9. The van der Waals surface area contributed by atoms with E-state index in [1.54, 1.807) is 0 Å². The average Bonchev–Trinajstić information content (AvgIpc) is 3.31. The standard InChI is InChI=1S/C21H31N5O/c1-24-11-6-5-8-18(24)15-25(2)21(27)19-13-17(22-23-19)14-26-12-10-16-7-3-4-9-20(16)26/h3-4,7,9-10,12,17-19,22-23H,5-6,8,11,13-15H2,1-2H3. The Hall–Kier alpha value is -1.89. The molecule has 4 rings (SSSR count). The molecule has 1 amide bonds. The number of hydrazine groups is 1. The molecule has 1 aromatic carbocycles. The van der Waals surface area contributed by atoms with Gasteiger partial charge in [-0.3, -0.25) is 10.2 Å². The van der Waals surface area contributed by atoms with Gasteiger partial charge in [0.25, 0.3) is 0 Å². The molecule has 27 heavy (non-hydrogen) atoms. The second kappa shape index (κ2) is 8.00. The zero-order chi connectivity index (χ0) is 18.8. The van der Waals surface area contributed by atoms with Gasteiger partial charge in [-0.1, -0.05) is 24.6 Å². The van der Waals surface area contributed by atoms with Gasteiger partial charge in [-0.25, -0.2) is 5.43 Å². The van der Waals surface area contributed by atoms with Crippen molar-refractivity contribution >= 4 is 16.8 Å². The number of hydrogen-bond acceptors (Lipinski definition) is 4. The van der Waals surface area contributed by atoms with Gasteiger partial charge in [0.15, 0.2) is 0 Å². The largest absolute Gasteiger partial charge is 0.346 e. The Morgan fingerprint density at radius 3 is 2.93 bits per heavy atom. The number of nitrogens with one attached hydrogen (secondary N) is 2. The van der Waals surface area contributed by atoms with E-state index in [-0.39, 0.29) is 18.0 Å². The van der Waals surface area contributed by atoms with Crippen molar-refractivity contribution in [3.05, 3.63) is 36.5 Å². The van der Waals surface area contributed by atoms with Gasteiger partial charge in [-0.2, -0.15) is 0 Å². The summed E-state index contributed by atoms with van der Waals surface area (Å²) in [6.45, 7) is 2.82. The molecule has 6 nitrogen and oxygen atoms in total. The lowest BCUT2D eigenvalue weighted by Crippen LogP contribution is -2.50. The lowest BCUT2D eigenvalue weighted by Gasteiger charge is -2.35. The van der Waals surface area contributed by atoms with Crippen LogP contribution in [0.25, 0.3) is 10.9 Å². The van der Waals surface area contributed by atoms with E-state index in [0.29, 0.717) is 6.04 Å². The van der Waals surface area contributed by atoms with Gasteiger partial charge in [-0.05, 0) is 50.4 Å². The Balaban J connectivity index is 1.32. The van der Waals surface area contributed by atoms with Crippen molar-refractivity contribution in [3.8, 4) is 0 Å². The maximum Gasteiger partial charge on any atom is 0.240 e. The van der Waals surface area contributed by atoms with Crippen LogP contribution in [0, 0.1) is 0 Å². The fourth-order valence-electron chi connectivity index (χ4n) is 4.49. The summed E-state index contributed by atoms with van der Waals surface area (Å²) in [5.74, 6) is 0.196. The first-order valence-electron chi connectivity index (χ1n) is 10.1. The third kappa shape index (κ3) is 4.03. The molecule has 3 heterocycles. The van der Waals surface area contributed by atoms with Crippen LogP contribution in [0.5, 0.6) is 0 Å². The summed E-state index contributed by atoms with van der Waals surface area (Å²) in [6, 6.07) is 11.2. The van der Waals surface area contributed by atoms with Gasteiger partial charge in [0.1, 0.15) is 6.04 Å². The highest BCUT2D eigenvalue weighted by atomic mass is 16.2. The smallest absolute Gasteiger partial charge is 0.240 e. The first kappa shape index (κ1) is 18.5. The summed E-state index contributed by atoms with van der Waals surface area (Å²) in [7, 11) is 4.12. The monoisotopic (exact) mass is 369 g/mol. The minimum atomic E-state index is -0.143. The molecule has 2 aliphatic rings. The van der Waals surface area contributed by atoms with E-state index in [9.17, 15) is 4.79 Å². The van der Waals surface area contributed by atoms with Gasteiger partial charge in [0.05, 0.1) is 0 Å². The number of likely N-dealkylation sites (N-methyl/N-ethyl adjacent to an activating group) is 2. The zero-order valence-electron chi connectivity index (χ0n) is 16.4. The fourth-order valence-corrected chi connectivity index (χ4v) is 4.49. The molecule has 0 spiro atoms. The zero-order valence-corrected chi connectivity index (χ0v) is 16.4. The van der Waals surface area contributed by atoms with Gasteiger partial charge >= 0.3 is 0 Å². The molecular weight excluding hydrogens is 338 g/mol. The molecule has 2 aliphatic heterocycles. The van der Waals surface area contributed by atoms with E-state index in [2.05, 4.69) is 63.9 Å². The lowest BCUT2D eigenvalue weighted by molar-refractivity contribution is -0.132. The van der Waals surface area contributed by atoms with Crippen molar-refractivity contribution in [2.45, 2.75) is 50.4 Å². The number of piperidine rings is 1. The van der Waals surface area contributed by atoms with Crippen molar-refractivity contribution in [1.29, 1.82) is 0 Å². The Morgan fingerprint density at radius 1 is 1.22 bits per heavy atom. The fraction of sp³-hybridized carbons (Fsp3) is 0.571. The molecule has 2 N–H and O–H groups in total. The van der Waals surface area contributed by atoms with Crippen LogP contribution in [-0.4, -0.2) is 65.6 Å². The second-order valence-corrected chi connectivity index (χ2v) is 8.15. The summed E-state index contributed by atoms with van der Waals surface area (Å²) in [5, 5.41) is 1.26. The number of amides is 1. The maximum absolute atomic E-state index is 12.9. The van der Waals surface area contributed by atoms with E-state index in [1.165, 1.54) is 30.2 Å². The second-order valence-electron chi connectivity index (χ2n) is 8.15. The number of benzene rings is 1. The van der Waals surface area contributed by atoms with E-state index in [4.69, 9.17) is 0 Å². The van der Waals surface area contributed by atoms with Crippen molar-refractivity contribution in [1.82, 2.24) is 25.2 Å². The summed E-state index contributed by atoms with van der Waals surface area (Å²) in [4.78, 5) is 17.2. The third-order valence-corrected chi connectivity index (χ3v) is 6.16. The number of hydrogen-bond donors (Lipinski definition) is 2. The molecule has 2 aromatic rings. The van der Waals surface area contributed by atoms with Crippen LogP contribution in [0.2, 0.25) is 0 Å². The van der Waals surface area contributed by atoms with E-state index < -0.39 is 0 Å². The predicted octanol–water partition coefficient (Wildman–Crippen LogP) is 1.82. The lowest BCUT2D eigenvalue weighted by atomic mass is 10.0. The number of rotatable bonds is 5. The number of carbonyl (C=O) groups excluding carboxylic acids is 1. The van der Waals surface area contributed by atoms with E-state index >= 15 is 0 Å². The first-order chi connectivity index (χ1) is 13.1. The third-order valence-electron chi connectivity index (χ3n) is 6.16. The first-order valence-corrected chi connectivity index (χ1v) is 10.1. The predicted molar refractivity (Wildman–Crippen MR) is 108 cm³/mol. The Bertz CT molecular complexity index is 788. The van der Waals surface area contributed by atoms with Crippen LogP contribution in [0.4, 0.5) is 0 Å².